The van der Waals surface area contributed by atoms with Crippen LogP contribution in [0.15, 0.2) is 36.4 Å². The average Bonchev–Trinajstić information content (AvgIpc) is 2.70. The third-order valence-electron chi connectivity index (χ3n) is 3.28. The highest BCUT2D eigenvalue weighted by Gasteiger charge is 2.27. The van der Waals surface area contributed by atoms with Gasteiger partial charge in [-0.25, -0.2) is 4.39 Å². The van der Waals surface area contributed by atoms with E-state index in [4.69, 9.17) is 10.5 Å². The van der Waals surface area contributed by atoms with Gasteiger partial charge in [-0.1, -0.05) is 18.2 Å². The molecule has 0 fully saturated rings. The topological polar surface area (TPSA) is 64.3 Å². The molecule has 20 heavy (non-hydrogen) atoms. The Morgan fingerprint density at radius 1 is 1.30 bits per heavy atom. The Labute approximate surface area is 115 Å². The van der Waals surface area contributed by atoms with Crippen molar-refractivity contribution in [1.82, 2.24) is 0 Å². The number of ether oxygens (including phenoxy) is 1. The lowest BCUT2D eigenvalue weighted by atomic mass is 10.1. The van der Waals surface area contributed by atoms with Crippen molar-refractivity contribution in [3.63, 3.8) is 0 Å². The highest BCUT2D eigenvalue weighted by molar-refractivity contribution is 6.02. The number of hydrogen-bond acceptors (Lipinski definition) is 3. The van der Waals surface area contributed by atoms with Crippen LogP contribution in [0.3, 0.4) is 0 Å². The minimum Gasteiger partial charge on any atom is -0.454 e. The van der Waals surface area contributed by atoms with Crippen molar-refractivity contribution >= 4 is 11.6 Å². The number of rotatable bonds is 2. The van der Waals surface area contributed by atoms with E-state index < -0.39 is 11.9 Å². The molecule has 1 amide bonds. The zero-order valence-corrected chi connectivity index (χ0v) is 10.8. The molecule has 1 aliphatic heterocycles. The Hall–Kier alpha value is -2.40. The van der Waals surface area contributed by atoms with Gasteiger partial charge in [0.05, 0.1) is 0 Å². The summed E-state index contributed by atoms with van der Waals surface area (Å²) in [4.78, 5) is 11.5. The van der Waals surface area contributed by atoms with Gasteiger partial charge in [0.1, 0.15) is 11.8 Å². The first-order valence-corrected chi connectivity index (χ1v) is 6.19. The molecule has 2 aromatic rings. The van der Waals surface area contributed by atoms with E-state index >= 15 is 0 Å². The van der Waals surface area contributed by atoms with Crippen LogP contribution in [0.4, 0.5) is 10.1 Å². The SMILES string of the molecule is Cc1cccc(Oc2ccc3c(c2)NC(=O)C3N)c1F. The largest absolute Gasteiger partial charge is 0.454 e. The number of aryl methyl sites for hydroxylation is 1. The van der Waals surface area contributed by atoms with E-state index in [-0.39, 0.29) is 11.7 Å². The number of benzene rings is 2. The molecule has 1 aliphatic rings. The second-order valence-electron chi connectivity index (χ2n) is 4.71. The molecule has 0 radical (unpaired) electrons. The Morgan fingerprint density at radius 3 is 2.90 bits per heavy atom. The molecule has 0 aromatic heterocycles. The molecule has 5 heteroatoms. The van der Waals surface area contributed by atoms with E-state index in [1.807, 2.05) is 0 Å². The van der Waals surface area contributed by atoms with Crippen molar-refractivity contribution in [2.45, 2.75) is 13.0 Å². The molecular weight excluding hydrogens is 259 g/mol. The van der Waals surface area contributed by atoms with Gasteiger partial charge in [-0.2, -0.15) is 0 Å². The summed E-state index contributed by atoms with van der Waals surface area (Å²) < 4.78 is 19.4. The predicted octanol–water partition coefficient (Wildman–Crippen LogP) is 2.88. The highest BCUT2D eigenvalue weighted by atomic mass is 19.1. The maximum absolute atomic E-state index is 13.9. The third-order valence-corrected chi connectivity index (χ3v) is 3.28. The van der Waals surface area contributed by atoms with Crippen LogP contribution in [0.1, 0.15) is 17.2 Å². The number of nitrogens with one attached hydrogen (secondary N) is 1. The summed E-state index contributed by atoms with van der Waals surface area (Å²) in [6.07, 6.45) is 0. The lowest BCUT2D eigenvalue weighted by Gasteiger charge is -2.09. The Balaban J connectivity index is 1.92. The van der Waals surface area contributed by atoms with Gasteiger partial charge in [0.25, 0.3) is 0 Å². The van der Waals surface area contributed by atoms with Crippen molar-refractivity contribution in [3.8, 4) is 11.5 Å². The van der Waals surface area contributed by atoms with E-state index in [1.165, 1.54) is 0 Å². The van der Waals surface area contributed by atoms with Gasteiger partial charge in [-0.3, -0.25) is 4.79 Å². The second-order valence-corrected chi connectivity index (χ2v) is 4.71. The molecule has 0 spiro atoms. The Morgan fingerprint density at radius 2 is 2.10 bits per heavy atom. The zero-order valence-electron chi connectivity index (χ0n) is 10.8. The van der Waals surface area contributed by atoms with Crippen LogP contribution >= 0.6 is 0 Å². The zero-order chi connectivity index (χ0) is 14.3. The normalized spacial score (nSPS) is 16.8. The number of carbonyl (C=O) groups is 1. The van der Waals surface area contributed by atoms with Crippen molar-refractivity contribution in [2.75, 3.05) is 5.32 Å². The van der Waals surface area contributed by atoms with Gasteiger partial charge in [-0.15, -0.1) is 0 Å². The first-order valence-electron chi connectivity index (χ1n) is 6.19. The van der Waals surface area contributed by atoms with Crippen molar-refractivity contribution in [2.24, 2.45) is 5.73 Å². The summed E-state index contributed by atoms with van der Waals surface area (Å²) >= 11 is 0. The number of anilines is 1. The van der Waals surface area contributed by atoms with Gasteiger partial charge < -0.3 is 15.8 Å². The van der Waals surface area contributed by atoms with E-state index in [1.54, 1.807) is 43.3 Å². The average molecular weight is 272 g/mol. The van der Waals surface area contributed by atoms with E-state index in [0.717, 1.165) is 0 Å². The Kier molecular flexibility index (Phi) is 2.91. The fraction of sp³-hybridized carbons (Fsp3) is 0.133. The molecule has 2 aromatic carbocycles. The molecule has 1 atom stereocenters. The minimum atomic E-state index is -0.658. The van der Waals surface area contributed by atoms with Crippen LogP contribution in [-0.4, -0.2) is 5.91 Å². The van der Waals surface area contributed by atoms with E-state index in [9.17, 15) is 9.18 Å². The van der Waals surface area contributed by atoms with Crippen LogP contribution in [0.5, 0.6) is 11.5 Å². The molecule has 0 aliphatic carbocycles. The standard InChI is InChI=1S/C15H13FN2O2/c1-8-3-2-4-12(13(8)16)20-9-5-6-10-11(7-9)18-15(19)14(10)17/h2-7,14H,17H2,1H3,(H,18,19). The summed E-state index contributed by atoms with van der Waals surface area (Å²) in [5, 5.41) is 2.66. The molecule has 102 valence electrons. The number of carbonyl (C=O) groups excluding carboxylic acids is 1. The molecule has 1 heterocycles. The number of nitrogens with two attached hydrogens (primary N) is 1. The molecule has 4 nitrogen and oxygen atoms in total. The molecule has 0 bridgehead atoms. The maximum atomic E-state index is 13.9. The summed E-state index contributed by atoms with van der Waals surface area (Å²) in [6.45, 7) is 1.67. The van der Waals surface area contributed by atoms with Gasteiger partial charge in [0, 0.05) is 17.3 Å². The van der Waals surface area contributed by atoms with Crippen LogP contribution < -0.4 is 15.8 Å². The quantitative estimate of drug-likeness (QED) is 0.883. The van der Waals surface area contributed by atoms with Crippen LogP contribution in [0, 0.1) is 12.7 Å². The van der Waals surface area contributed by atoms with Crippen molar-refractivity contribution in [3.05, 3.63) is 53.3 Å². The van der Waals surface area contributed by atoms with E-state index in [0.29, 0.717) is 22.6 Å². The molecule has 0 saturated carbocycles. The first kappa shape index (κ1) is 12.6. The maximum Gasteiger partial charge on any atom is 0.245 e. The lowest BCUT2D eigenvalue weighted by molar-refractivity contribution is -0.116. The number of hydrogen-bond donors (Lipinski definition) is 2. The number of fused-ring (bicyclic) bond motifs is 1. The van der Waals surface area contributed by atoms with Gasteiger partial charge in [-0.05, 0) is 24.6 Å². The lowest BCUT2D eigenvalue weighted by Crippen LogP contribution is -2.19. The summed E-state index contributed by atoms with van der Waals surface area (Å²) in [7, 11) is 0. The summed E-state index contributed by atoms with van der Waals surface area (Å²) in [5.74, 6) is -0.0474. The first-order chi connectivity index (χ1) is 9.56. The fourth-order valence-electron chi connectivity index (χ4n) is 2.16. The predicted molar refractivity (Wildman–Crippen MR) is 73.2 cm³/mol. The number of amides is 1. The van der Waals surface area contributed by atoms with Crippen LogP contribution in [0.2, 0.25) is 0 Å². The molecule has 1 unspecified atom stereocenters. The Bertz CT molecular complexity index is 700. The molecule has 0 saturated heterocycles. The smallest absolute Gasteiger partial charge is 0.245 e. The fourth-order valence-corrected chi connectivity index (χ4v) is 2.16. The van der Waals surface area contributed by atoms with Crippen LogP contribution in [-0.2, 0) is 4.79 Å². The molecule has 3 rings (SSSR count). The summed E-state index contributed by atoms with van der Waals surface area (Å²) in [5.41, 5.74) is 7.56. The summed E-state index contributed by atoms with van der Waals surface area (Å²) in [6, 6.07) is 9.31. The van der Waals surface area contributed by atoms with Crippen molar-refractivity contribution < 1.29 is 13.9 Å². The number of halogens is 1. The monoisotopic (exact) mass is 272 g/mol. The van der Waals surface area contributed by atoms with Crippen LogP contribution in [0.25, 0.3) is 0 Å². The highest BCUT2D eigenvalue weighted by Crippen LogP contribution is 2.34. The van der Waals surface area contributed by atoms with E-state index in [2.05, 4.69) is 5.32 Å². The molecule has 3 N–H and O–H groups in total. The third kappa shape index (κ3) is 2.02. The molecular formula is C15H13FN2O2. The van der Waals surface area contributed by atoms with Gasteiger partial charge in [0.2, 0.25) is 5.91 Å². The van der Waals surface area contributed by atoms with Gasteiger partial charge >= 0.3 is 0 Å². The second kappa shape index (κ2) is 4.61. The van der Waals surface area contributed by atoms with Gasteiger partial charge in [0.15, 0.2) is 11.6 Å². The van der Waals surface area contributed by atoms with Crippen molar-refractivity contribution in [1.29, 1.82) is 0 Å². The minimum absolute atomic E-state index is 0.151.